The first-order valence-electron chi connectivity index (χ1n) is 12.1. The van der Waals surface area contributed by atoms with Crippen LogP contribution in [-0.2, 0) is 35.7 Å². The van der Waals surface area contributed by atoms with Crippen molar-refractivity contribution in [2.24, 2.45) is 0 Å². The maximum absolute atomic E-state index is 13.8. The van der Waals surface area contributed by atoms with Crippen LogP contribution in [0.2, 0.25) is 0 Å². The van der Waals surface area contributed by atoms with E-state index in [-0.39, 0.29) is 24.0 Å². The summed E-state index contributed by atoms with van der Waals surface area (Å²) >= 11 is 0. The fourth-order valence-electron chi connectivity index (χ4n) is 4.73. The highest BCUT2D eigenvalue weighted by atomic mass is 32.2. The number of fused-ring (bicyclic) bond motifs is 1. The van der Waals surface area contributed by atoms with Gasteiger partial charge in [0.05, 0.1) is 29.0 Å². The van der Waals surface area contributed by atoms with Gasteiger partial charge >= 0.3 is 6.18 Å². The number of alkyl halides is 3. The van der Waals surface area contributed by atoms with Crippen molar-refractivity contribution in [3.8, 4) is 0 Å². The van der Waals surface area contributed by atoms with Gasteiger partial charge in [-0.15, -0.1) is 0 Å². The molecule has 4 aromatic rings. The molecule has 0 amide bonds. The Morgan fingerprint density at radius 2 is 1.76 bits per heavy atom. The Labute approximate surface area is 219 Å². The lowest BCUT2D eigenvalue weighted by Crippen LogP contribution is -2.43. The van der Waals surface area contributed by atoms with Crippen molar-refractivity contribution < 1.29 is 21.6 Å². The molecule has 0 bridgehead atoms. The number of sulfonamides is 1. The van der Waals surface area contributed by atoms with Gasteiger partial charge in [-0.3, -0.25) is 4.98 Å². The van der Waals surface area contributed by atoms with Crippen LogP contribution in [0.25, 0.3) is 0 Å². The zero-order valence-electron chi connectivity index (χ0n) is 20.3. The number of imidazole rings is 1. The van der Waals surface area contributed by atoms with E-state index in [2.05, 4.69) is 19.9 Å². The van der Waals surface area contributed by atoms with E-state index in [1.54, 1.807) is 18.7 Å². The number of aromatic nitrogens is 3. The summed E-state index contributed by atoms with van der Waals surface area (Å²) in [5, 5.41) is 0. The highest BCUT2D eigenvalue weighted by molar-refractivity contribution is 7.89. The third-order valence-electron chi connectivity index (χ3n) is 6.68. The second-order valence-corrected chi connectivity index (χ2v) is 11.1. The van der Waals surface area contributed by atoms with E-state index in [0.717, 1.165) is 46.9 Å². The van der Waals surface area contributed by atoms with Crippen LogP contribution in [-0.4, -0.2) is 40.3 Å². The summed E-state index contributed by atoms with van der Waals surface area (Å²) in [6.45, 7) is 0.732. The molecule has 0 unspecified atom stereocenters. The summed E-state index contributed by atoms with van der Waals surface area (Å²) < 4.78 is 68.1. The normalized spacial score (nSPS) is 16.7. The molecule has 0 saturated heterocycles. The zero-order valence-corrected chi connectivity index (χ0v) is 21.2. The predicted molar refractivity (Wildman–Crippen MR) is 137 cm³/mol. The number of halogens is 3. The Morgan fingerprint density at radius 1 is 1.00 bits per heavy atom. The number of nitrogens with one attached hydrogen (secondary N) is 1. The average molecular weight is 542 g/mol. The molecular formula is C27H26F3N5O2S. The van der Waals surface area contributed by atoms with Crippen molar-refractivity contribution in [3.05, 3.63) is 108 Å². The van der Waals surface area contributed by atoms with E-state index in [1.165, 1.54) is 4.31 Å². The zero-order chi connectivity index (χ0) is 26.8. The van der Waals surface area contributed by atoms with E-state index in [9.17, 15) is 21.6 Å². The lowest BCUT2D eigenvalue weighted by atomic mass is 10.1. The average Bonchev–Trinajstić information content (AvgIpc) is 3.37. The van der Waals surface area contributed by atoms with Gasteiger partial charge in [0.15, 0.2) is 0 Å². The monoisotopic (exact) mass is 541 g/mol. The molecule has 0 spiro atoms. The Balaban J connectivity index is 1.52. The highest BCUT2D eigenvalue weighted by Gasteiger charge is 2.36. The molecule has 2 aromatic heterocycles. The van der Waals surface area contributed by atoms with Gasteiger partial charge in [0.25, 0.3) is 0 Å². The van der Waals surface area contributed by atoms with Gasteiger partial charge in [0.2, 0.25) is 10.0 Å². The van der Waals surface area contributed by atoms with Crippen molar-refractivity contribution in [3.63, 3.8) is 0 Å². The van der Waals surface area contributed by atoms with Crippen LogP contribution in [0.15, 0.2) is 90.3 Å². The molecule has 7 nitrogen and oxygen atoms in total. The molecule has 1 aliphatic rings. The minimum atomic E-state index is -4.55. The van der Waals surface area contributed by atoms with Gasteiger partial charge in [-0.2, -0.15) is 17.5 Å². The van der Waals surface area contributed by atoms with Crippen molar-refractivity contribution in [1.82, 2.24) is 19.3 Å². The Bertz CT molecular complexity index is 1460. The molecule has 198 valence electrons. The minimum Gasteiger partial charge on any atom is -0.361 e. The molecule has 38 heavy (non-hydrogen) atoms. The van der Waals surface area contributed by atoms with Gasteiger partial charge in [-0.25, -0.2) is 13.4 Å². The number of nitrogens with zero attached hydrogens (tertiary/aromatic N) is 4. The molecule has 0 saturated carbocycles. The molecular weight excluding hydrogens is 515 g/mol. The standard InChI is InChI=1S/C27H26F3N5O2S/c28-27(29,30)21-8-12-25(13-9-21)38(36,37)34-16-20-5-1-2-7-26(20)35(17-23-15-31-19-33-23)24(18-34)11-10-22-6-3-4-14-32-22/h1-9,12-15,19,24H,10-11,16-18H2,(H,31,33)/t24-/m0/s1. The number of benzene rings is 2. The molecule has 2 aromatic carbocycles. The minimum absolute atomic E-state index is 0.0963. The SMILES string of the molecule is O=S(=O)(c1ccc(C(F)(F)F)cc1)N1Cc2ccccc2N(Cc2cnc[nH]2)[C@@H](CCc2ccccn2)C1. The summed E-state index contributed by atoms with van der Waals surface area (Å²) in [6, 6.07) is 16.7. The molecule has 0 fully saturated rings. The number of para-hydroxylation sites is 1. The van der Waals surface area contributed by atoms with E-state index in [0.29, 0.717) is 19.4 Å². The predicted octanol–water partition coefficient (Wildman–Crippen LogP) is 5.04. The van der Waals surface area contributed by atoms with Gasteiger partial charge in [0, 0.05) is 42.9 Å². The molecule has 5 rings (SSSR count). The van der Waals surface area contributed by atoms with Crippen LogP contribution >= 0.6 is 0 Å². The highest BCUT2D eigenvalue weighted by Crippen LogP contribution is 2.34. The fourth-order valence-corrected chi connectivity index (χ4v) is 6.19. The van der Waals surface area contributed by atoms with E-state index in [4.69, 9.17) is 0 Å². The lowest BCUT2D eigenvalue weighted by Gasteiger charge is -2.34. The van der Waals surface area contributed by atoms with Crippen molar-refractivity contribution in [2.45, 2.75) is 43.0 Å². The number of H-pyrrole nitrogens is 1. The van der Waals surface area contributed by atoms with Crippen LogP contribution in [0.4, 0.5) is 18.9 Å². The largest absolute Gasteiger partial charge is 0.416 e. The molecule has 11 heteroatoms. The van der Waals surface area contributed by atoms with E-state index < -0.39 is 21.8 Å². The number of rotatable bonds is 7. The third kappa shape index (κ3) is 5.58. The Hall–Kier alpha value is -3.70. The number of pyridine rings is 1. The van der Waals surface area contributed by atoms with E-state index >= 15 is 0 Å². The fraction of sp³-hybridized carbons (Fsp3) is 0.259. The van der Waals surface area contributed by atoms with Crippen molar-refractivity contribution in [2.75, 3.05) is 11.4 Å². The van der Waals surface area contributed by atoms with Gasteiger partial charge < -0.3 is 9.88 Å². The molecule has 3 heterocycles. The number of aromatic amines is 1. The Morgan fingerprint density at radius 3 is 2.45 bits per heavy atom. The van der Waals surface area contributed by atoms with Crippen LogP contribution in [0.5, 0.6) is 0 Å². The second-order valence-electron chi connectivity index (χ2n) is 9.17. The lowest BCUT2D eigenvalue weighted by molar-refractivity contribution is -0.137. The number of hydrogen-bond acceptors (Lipinski definition) is 5. The molecule has 1 atom stereocenters. The first kappa shape index (κ1) is 25.9. The quantitative estimate of drug-likeness (QED) is 0.355. The van der Waals surface area contributed by atoms with Crippen LogP contribution < -0.4 is 4.90 Å². The molecule has 1 aliphatic heterocycles. The van der Waals surface area contributed by atoms with Gasteiger partial charge in [-0.05, 0) is 60.9 Å². The summed E-state index contributed by atoms with van der Waals surface area (Å²) in [6.07, 6.45) is 1.75. The summed E-state index contributed by atoms with van der Waals surface area (Å²) in [5.41, 5.74) is 2.59. The third-order valence-corrected chi connectivity index (χ3v) is 8.50. The topological polar surface area (TPSA) is 82.2 Å². The Kier molecular flexibility index (Phi) is 7.22. The second kappa shape index (κ2) is 10.6. The first-order chi connectivity index (χ1) is 18.2. The number of hydrogen-bond donors (Lipinski definition) is 1. The molecule has 0 radical (unpaired) electrons. The summed E-state index contributed by atoms with van der Waals surface area (Å²) in [4.78, 5) is 13.7. The van der Waals surface area contributed by atoms with Gasteiger partial charge in [0.1, 0.15) is 0 Å². The maximum Gasteiger partial charge on any atom is 0.416 e. The maximum atomic E-state index is 13.8. The van der Waals surface area contributed by atoms with Crippen LogP contribution in [0, 0.1) is 0 Å². The summed E-state index contributed by atoms with van der Waals surface area (Å²) in [7, 11) is -4.09. The van der Waals surface area contributed by atoms with Gasteiger partial charge in [-0.1, -0.05) is 24.3 Å². The first-order valence-corrected chi connectivity index (χ1v) is 13.5. The van der Waals surface area contributed by atoms with E-state index in [1.807, 2.05) is 42.5 Å². The number of anilines is 1. The molecule has 0 aliphatic carbocycles. The molecule has 1 N–H and O–H groups in total. The van der Waals surface area contributed by atoms with Crippen molar-refractivity contribution in [1.29, 1.82) is 0 Å². The van der Waals surface area contributed by atoms with Crippen LogP contribution in [0.3, 0.4) is 0 Å². The summed E-state index contributed by atoms with van der Waals surface area (Å²) in [5.74, 6) is 0. The smallest absolute Gasteiger partial charge is 0.361 e. The van der Waals surface area contributed by atoms with Crippen LogP contribution in [0.1, 0.15) is 28.9 Å². The van der Waals surface area contributed by atoms with Crippen molar-refractivity contribution >= 4 is 15.7 Å². The number of aryl methyl sites for hydroxylation is 1.